The van der Waals surface area contributed by atoms with Gasteiger partial charge in [-0.1, -0.05) is 19.1 Å². The molecule has 3 aliphatic rings. The lowest BCUT2D eigenvalue weighted by Gasteiger charge is -2.45. The number of halogens is 6. The van der Waals surface area contributed by atoms with E-state index in [1.54, 1.807) is 6.92 Å². The van der Waals surface area contributed by atoms with Gasteiger partial charge in [0.05, 0.1) is 25.0 Å². The van der Waals surface area contributed by atoms with Crippen LogP contribution in [0.4, 0.5) is 22.0 Å². The minimum Gasteiger partial charge on any atom is -0.386 e. The van der Waals surface area contributed by atoms with Crippen LogP contribution in [0.2, 0.25) is 0 Å². The first-order chi connectivity index (χ1) is 19.0. The number of rotatable bonds is 9. The van der Waals surface area contributed by atoms with Crippen LogP contribution in [0.15, 0.2) is 36.5 Å². The molecule has 226 valence electrons. The van der Waals surface area contributed by atoms with Gasteiger partial charge in [0.25, 0.3) is 0 Å². The molecule has 4 rings (SSSR count). The Bertz CT molecular complexity index is 985. The van der Waals surface area contributed by atoms with Crippen molar-refractivity contribution in [2.45, 2.75) is 105 Å². The number of hydrogen-bond acceptors (Lipinski definition) is 6. The second kappa shape index (κ2) is 13.8. The highest BCUT2D eigenvalue weighted by Crippen LogP contribution is 2.44. The van der Waals surface area contributed by atoms with Gasteiger partial charge < -0.3 is 14.6 Å². The average Bonchev–Trinajstić information content (AvgIpc) is 3.40. The van der Waals surface area contributed by atoms with Gasteiger partial charge in [-0.2, -0.15) is 18.3 Å². The van der Waals surface area contributed by atoms with Crippen molar-refractivity contribution < 1.29 is 36.5 Å². The summed E-state index contributed by atoms with van der Waals surface area (Å²) in [4.78, 5) is 3.91. The van der Waals surface area contributed by atoms with Crippen molar-refractivity contribution in [1.82, 2.24) is 14.8 Å². The van der Waals surface area contributed by atoms with Crippen LogP contribution in [0.3, 0.4) is 0 Å². The lowest BCUT2D eigenvalue weighted by Crippen LogP contribution is -2.55. The molecule has 2 aliphatic carbocycles. The average molecular weight is 614 g/mol. The topological polar surface area (TPSA) is 69.4 Å². The molecule has 1 saturated heterocycles. The Hall–Kier alpha value is -1.21. The number of ether oxygens (including phenoxy) is 2. The van der Waals surface area contributed by atoms with Crippen LogP contribution in [0.5, 0.6) is 0 Å². The lowest BCUT2D eigenvalue weighted by atomic mass is 9.73. The molecule has 13 heteroatoms. The quantitative estimate of drug-likeness (QED) is 0.203. The second-order valence-electron chi connectivity index (χ2n) is 11.0. The van der Waals surface area contributed by atoms with Gasteiger partial charge in [-0.15, -0.1) is 23.4 Å². The number of alkyl halides is 6. The van der Waals surface area contributed by atoms with Crippen molar-refractivity contribution in [3.8, 4) is 0 Å². The molecule has 0 amide bonds. The Labute approximate surface area is 240 Å². The molecule has 6 nitrogen and oxygen atoms in total. The van der Waals surface area contributed by atoms with Crippen molar-refractivity contribution in [3.05, 3.63) is 36.5 Å². The van der Waals surface area contributed by atoms with Crippen LogP contribution in [0.1, 0.15) is 51.9 Å². The number of thioether (sulfide) groups is 1. The minimum absolute atomic E-state index is 0.00339. The van der Waals surface area contributed by atoms with E-state index in [2.05, 4.69) is 10.1 Å². The third-order valence-electron chi connectivity index (χ3n) is 8.19. The molecule has 1 aromatic heterocycles. The van der Waals surface area contributed by atoms with Gasteiger partial charge in [0.1, 0.15) is 30.6 Å². The van der Waals surface area contributed by atoms with Gasteiger partial charge in [0.15, 0.2) is 6.29 Å². The zero-order valence-electron chi connectivity index (χ0n) is 22.4. The van der Waals surface area contributed by atoms with Gasteiger partial charge in [0.2, 0.25) is 0 Å². The van der Waals surface area contributed by atoms with E-state index in [0.29, 0.717) is 25.7 Å². The normalized spacial score (nSPS) is 35.0. The van der Waals surface area contributed by atoms with E-state index in [-0.39, 0.29) is 49.6 Å². The van der Waals surface area contributed by atoms with Gasteiger partial charge in [0, 0.05) is 28.5 Å². The summed E-state index contributed by atoms with van der Waals surface area (Å²) in [7, 11) is 0. The Morgan fingerprint density at radius 1 is 1.15 bits per heavy atom. The van der Waals surface area contributed by atoms with E-state index in [0.717, 1.165) is 6.08 Å². The largest absolute Gasteiger partial charge is 0.412 e. The summed E-state index contributed by atoms with van der Waals surface area (Å²) in [6.07, 6.45) is 0.792. The predicted octanol–water partition coefficient (Wildman–Crippen LogP) is 6.19. The fourth-order valence-electron chi connectivity index (χ4n) is 5.92. The summed E-state index contributed by atoms with van der Waals surface area (Å²) in [6, 6.07) is 0. The van der Waals surface area contributed by atoms with Crippen LogP contribution in [0, 0.1) is 11.8 Å². The second-order valence-corrected chi connectivity index (χ2v) is 13.3. The van der Waals surface area contributed by atoms with Crippen molar-refractivity contribution in [1.29, 1.82) is 0 Å². The predicted molar refractivity (Wildman–Crippen MR) is 144 cm³/mol. The maximum atomic E-state index is 15.0. The summed E-state index contributed by atoms with van der Waals surface area (Å²) < 4.78 is 82.7. The van der Waals surface area contributed by atoms with E-state index in [1.165, 1.54) is 41.3 Å². The number of allylic oxidation sites excluding steroid dienone is 3. The van der Waals surface area contributed by atoms with E-state index >= 15 is 4.39 Å². The number of hydrogen-bond donors (Lipinski definition) is 1. The highest BCUT2D eigenvalue weighted by atomic mass is 35.5. The summed E-state index contributed by atoms with van der Waals surface area (Å²) in [5.41, 5.74) is -2.10. The van der Waals surface area contributed by atoms with Crippen LogP contribution in [-0.2, 0) is 16.0 Å². The first kappa shape index (κ1) is 31.7. The Morgan fingerprint density at radius 3 is 2.45 bits per heavy atom. The fraction of sp³-hybridized carbons (Fsp3) is 0.778. The van der Waals surface area contributed by atoms with E-state index in [1.807, 2.05) is 0 Å². The molecule has 1 N–H and O–H groups in total. The highest BCUT2D eigenvalue weighted by Gasteiger charge is 2.49. The summed E-state index contributed by atoms with van der Waals surface area (Å²) in [5.74, 6) is -1.35. The fourth-order valence-corrected chi connectivity index (χ4v) is 7.55. The maximum Gasteiger partial charge on any atom is 0.412 e. The molecule has 1 aromatic rings. The third-order valence-corrected chi connectivity index (χ3v) is 10.1. The monoisotopic (exact) mass is 613 g/mol. The van der Waals surface area contributed by atoms with Gasteiger partial charge in [-0.05, 0) is 50.5 Å². The molecule has 1 aliphatic heterocycles. The van der Waals surface area contributed by atoms with E-state index in [9.17, 15) is 22.7 Å². The van der Waals surface area contributed by atoms with Crippen molar-refractivity contribution in [3.63, 3.8) is 0 Å². The zero-order chi connectivity index (χ0) is 28.9. The first-order valence-electron chi connectivity index (χ1n) is 13.8. The van der Waals surface area contributed by atoms with Crippen molar-refractivity contribution >= 4 is 23.4 Å². The molecule has 2 saturated carbocycles. The molecule has 3 fully saturated rings. The number of aliphatic hydroxyl groups is 1. The summed E-state index contributed by atoms with van der Waals surface area (Å²) in [5, 5.41) is 15.1. The Kier molecular flexibility index (Phi) is 11.0. The molecular weight excluding hydrogens is 577 g/mol. The molecule has 5 atom stereocenters. The number of nitrogens with zero attached hydrogens (tertiary/aromatic N) is 3. The van der Waals surface area contributed by atoms with Gasteiger partial charge >= 0.3 is 6.18 Å². The molecule has 0 spiro atoms. The van der Waals surface area contributed by atoms with Crippen molar-refractivity contribution in [2.75, 3.05) is 13.2 Å². The third kappa shape index (κ3) is 8.20. The molecule has 0 aromatic carbocycles. The zero-order valence-corrected chi connectivity index (χ0v) is 23.9. The molecule has 0 bridgehead atoms. The number of aromatic nitrogens is 3. The molecule has 0 radical (unpaired) electrons. The molecular formula is C27H37ClF5N3O3S. The molecule has 40 heavy (non-hydrogen) atoms. The van der Waals surface area contributed by atoms with Crippen molar-refractivity contribution in [2.24, 2.45) is 11.8 Å². The van der Waals surface area contributed by atoms with Crippen LogP contribution < -0.4 is 0 Å². The minimum atomic E-state index is -4.43. The van der Waals surface area contributed by atoms with Crippen LogP contribution in [0.25, 0.3) is 0 Å². The van der Waals surface area contributed by atoms with Gasteiger partial charge in [-0.25, -0.2) is 13.8 Å². The summed E-state index contributed by atoms with van der Waals surface area (Å²) >= 11 is 7.44. The SMILES string of the molecule is CC(SC1COC(/C=C/C=C(/C2CCC(Cl)CC2)C(F)(F)F)OC1)C(O)(Cn1cncn1)C1CCC(F)CC1F. The van der Waals surface area contributed by atoms with E-state index in [4.69, 9.17) is 21.1 Å². The lowest BCUT2D eigenvalue weighted by molar-refractivity contribution is -0.146. The molecule has 2 heterocycles. The van der Waals surface area contributed by atoms with E-state index < -0.39 is 53.1 Å². The first-order valence-corrected chi connectivity index (χ1v) is 15.1. The molecule has 5 unspecified atom stereocenters. The van der Waals surface area contributed by atoms with Crippen LogP contribution >= 0.6 is 23.4 Å². The summed E-state index contributed by atoms with van der Waals surface area (Å²) in [6.45, 7) is 2.26. The highest BCUT2D eigenvalue weighted by molar-refractivity contribution is 8.00. The Morgan fingerprint density at radius 2 is 1.85 bits per heavy atom. The maximum absolute atomic E-state index is 15.0. The van der Waals surface area contributed by atoms with Gasteiger partial charge in [-0.3, -0.25) is 4.68 Å². The Balaban J connectivity index is 1.35. The van der Waals surface area contributed by atoms with Crippen LogP contribution in [-0.4, -0.2) is 79.4 Å². The standard InChI is InChI=1S/C27H37ClF5N3O3S/c1-17(26(37,14-36-16-34-15-35-36)23-10-9-20(29)11-24(23)30)40-21-12-38-25(39-13-21)4-2-3-22(27(31,32)33)18-5-7-19(28)8-6-18/h2-4,15-21,23-25,37H,5-14H2,1H3/b4-2+,22-3-. The smallest absolute Gasteiger partial charge is 0.386 e.